The molecular weight excluding hydrogens is 312 g/mol. The normalized spacial score (nSPS) is 14.9. The van der Waals surface area contributed by atoms with Crippen LogP contribution in [0.1, 0.15) is 29.5 Å². The Morgan fingerprint density at radius 2 is 1.88 bits per heavy atom. The predicted molar refractivity (Wildman–Crippen MR) is 99.7 cm³/mol. The fraction of sp³-hybridized carbons (Fsp3) is 0.381. The van der Waals surface area contributed by atoms with E-state index in [-0.39, 0.29) is 5.91 Å². The molecule has 2 N–H and O–H groups in total. The van der Waals surface area contributed by atoms with Crippen molar-refractivity contribution in [1.82, 2.24) is 10.6 Å². The highest BCUT2D eigenvalue weighted by Gasteiger charge is 2.15. The summed E-state index contributed by atoms with van der Waals surface area (Å²) < 4.78 is 5.88. The minimum atomic E-state index is 0.0859. The van der Waals surface area contributed by atoms with E-state index in [1.54, 1.807) is 0 Å². The van der Waals surface area contributed by atoms with Crippen molar-refractivity contribution in [3.63, 3.8) is 0 Å². The lowest BCUT2D eigenvalue weighted by Gasteiger charge is -2.23. The summed E-state index contributed by atoms with van der Waals surface area (Å²) in [4.78, 5) is 12.2. The van der Waals surface area contributed by atoms with Crippen LogP contribution >= 0.6 is 0 Å². The maximum atomic E-state index is 12.2. The van der Waals surface area contributed by atoms with Crippen LogP contribution in [0.4, 0.5) is 0 Å². The van der Waals surface area contributed by atoms with Gasteiger partial charge >= 0.3 is 0 Å². The molecule has 4 heteroatoms. The Morgan fingerprint density at radius 1 is 1.12 bits per heavy atom. The summed E-state index contributed by atoms with van der Waals surface area (Å²) in [6.45, 7) is 4.57. The number of carbonyl (C=O) groups is 1. The Balaban J connectivity index is 1.52. The fourth-order valence-electron chi connectivity index (χ4n) is 3.14. The Bertz CT molecular complexity index is 709. The molecule has 1 saturated heterocycles. The SMILES string of the molecule is Cc1cccc(COc2cccc(CC(=O)NC3CCNCC3)c2)c1. The number of rotatable bonds is 6. The molecule has 2 aromatic rings. The van der Waals surface area contributed by atoms with Crippen molar-refractivity contribution in [2.24, 2.45) is 0 Å². The summed E-state index contributed by atoms with van der Waals surface area (Å²) in [5.41, 5.74) is 3.35. The first-order valence-corrected chi connectivity index (χ1v) is 8.96. The van der Waals surface area contributed by atoms with Gasteiger partial charge in [-0.2, -0.15) is 0 Å². The molecular formula is C21H26N2O2. The molecule has 1 aliphatic rings. The molecule has 1 fully saturated rings. The number of aryl methyl sites for hydroxylation is 1. The summed E-state index contributed by atoms with van der Waals surface area (Å²) in [6.07, 6.45) is 2.41. The van der Waals surface area contributed by atoms with Gasteiger partial charge in [0, 0.05) is 6.04 Å². The second-order valence-corrected chi connectivity index (χ2v) is 6.69. The number of nitrogens with one attached hydrogen (secondary N) is 2. The second kappa shape index (κ2) is 8.67. The Hall–Kier alpha value is -2.33. The van der Waals surface area contributed by atoms with Crippen LogP contribution in [0, 0.1) is 6.92 Å². The molecule has 1 aliphatic heterocycles. The van der Waals surface area contributed by atoms with Gasteiger partial charge in [0.15, 0.2) is 0 Å². The van der Waals surface area contributed by atoms with Crippen molar-refractivity contribution in [2.45, 2.75) is 38.8 Å². The Morgan fingerprint density at radius 3 is 2.68 bits per heavy atom. The van der Waals surface area contributed by atoms with Crippen LogP contribution in [0.15, 0.2) is 48.5 Å². The average Bonchev–Trinajstić information content (AvgIpc) is 2.61. The van der Waals surface area contributed by atoms with Crippen LogP contribution in [0.5, 0.6) is 5.75 Å². The van der Waals surface area contributed by atoms with E-state index in [9.17, 15) is 4.79 Å². The van der Waals surface area contributed by atoms with Gasteiger partial charge in [-0.15, -0.1) is 0 Å². The molecule has 2 aromatic carbocycles. The standard InChI is InChI=1S/C21H26N2O2/c1-16-4-2-6-18(12-16)15-25-20-7-3-5-17(13-20)14-21(24)23-19-8-10-22-11-9-19/h2-7,12-13,19,22H,8-11,14-15H2,1H3,(H,23,24). The zero-order chi connectivity index (χ0) is 17.5. The molecule has 0 aromatic heterocycles. The summed E-state index contributed by atoms with van der Waals surface area (Å²) in [7, 11) is 0. The molecule has 0 bridgehead atoms. The summed E-state index contributed by atoms with van der Waals surface area (Å²) in [6, 6.07) is 16.4. The smallest absolute Gasteiger partial charge is 0.224 e. The molecule has 0 radical (unpaired) electrons. The van der Waals surface area contributed by atoms with E-state index in [4.69, 9.17) is 4.74 Å². The van der Waals surface area contributed by atoms with Gasteiger partial charge in [0.1, 0.15) is 12.4 Å². The number of ether oxygens (including phenoxy) is 1. The molecule has 0 aliphatic carbocycles. The van der Waals surface area contributed by atoms with Crippen LogP contribution in [0.25, 0.3) is 0 Å². The topological polar surface area (TPSA) is 50.4 Å². The first-order chi connectivity index (χ1) is 12.2. The Labute approximate surface area is 149 Å². The Kier molecular flexibility index (Phi) is 6.07. The lowest BCUT2D eigenvalue weighted by molar-refractivity contribution is -0.121. The molecule has 1 heterocycles. The van der Waals surface area contributed by atoms with Crippen LogP contribution < -0.4 is 15.4 Å². The van der Waals surface area contributed by atoms with E-state index in [0.29, 0.717) is 19.1 Å². The summed E-state index contributed by atoms with van der Waals surface area (Å²) >= 11 is 0. The van der Waals surface area contributed by atoms with Crippen molar-refractivity contribution in [3.05, 3.63) is 65.2 Å². The van der Waals surface area contributed by atoms with Gasteiger partial charge in [-0.25, -0.2) is 0 Å². The van der Waals surface area contributed by atoms with Gasteiger partial charge in [0.25, 0.3) is 0 Å². The first kappa shape index (κ1) is 17.5. The number of hydrogen-bond donors (Lipinski definition) is 2. The van der Waals surface area contributed by atoms with Crippen molar-refractivity contribution < 1.29 is 9.53 Å². The number of hydrogen-bond acceptors (Lipinski definition) is 3. The third-order valence-electron chi connectivity index (χ3n) is 4.46. The summed E-state index contributed by atoms with van der Waals surface area (Å²) in [5, 5.41) is 6.44. The highest BCUT2D eigenvalue weighted by molar-refractivity contribution is 5.79. The zero-order valence-corrected chi connectivity index (χ0v) is 14.8. The molecule has 0 spiro atoms. The molecule has 132 valence electrons. The highest BCUT2D eigenvalue weighted by Crippen LogP contribution is 2.16. The summed E-state index contributed by atoms with van der Waals surface area (Å²) in [5.74, 6) is 0.886. The van der Waals surface area contributed by atoms with Crippen molar-refractivity contribution in [1.29, 1.82) is 0 Å². The van der Waals surface area contributed by atoms with Gasteiger partial charge in [0.2, 0.25) is 5.91 Å². The van der Waals surface area contributed by atoms with E-state index in [1.807, 2.05) is 30.3 Å². The lowest BCUT2D eigenvalue weighted by Crippen LogP contribution is -2.43. The van der Waals surface area contributed by atoms with E-state index in [2.05, 4.69) is 35.8 Å². The third-order valence-corrected chi connectivity index (χ3v) is 4.46. The van der Waals surface area contributed by atoms with E-state index in [1.165, 1.54) is 5.56 Å². The maximum absolute atomic E-state index is 12.2. The third kappa shape index (κ3) is 5.61. The van der Waals surface area contributed by atoms with Crippen LogP contribution in [-0.4, -0.2) is 25.0 Å². The van der Waals surface area contributed by atoms with Crippen molar-refractivity contribution in [3.8, 4) is 5.75 Å². The second-order valence-electron chi connectivity index (χ2n) is 6.69. The van der Waals surface area contributed by atoms with Gasteiger partial charge in [0.05, 0.1) is 6.42 Å². The van der Waals surface area contributed by atoms with E-state index >= 15 is 0 Å². The van der Waals surface area contributed by atoms with E-state index < -0.39 is 0 Å². The van der Waals surface area contributed by atoms with Gasteiger partial charge < -0.3 is 15.4 Å². The van der Waals surface area contributed by atoms with Crippen molar-refractivity contribution >= 4 is 5.91 Å². The molecule has 3 rings (SSSR count). The molecule has 0 atom stereocenters. The molecule has 0 saturated carbocycles. The number of piperidine rings is 1. The number of benzene rings is 2. The van der Waals surface area contributed by atoms with Gasteiger partial charge in [-0.3, -0.25) is 4.79 Å². The first-order valence-electron chi connectivity index (χ1n) is 8.96. The quantitative estimate of drug-likeness (QED) is 0.851. The number of amides is 1. The fourth-order valence-corrected chi connectivity index (χ4v) is 3.14. The monoisotopic (exact) mass is 338 g/mol. The van der Waals surface area contributed by atoms with Gasteiger partial charge in [-0.1, -0.05) is 42.0 Å². The average molecular weight is 338 g/mol. The van der Waals surface area contributed by atoms with Crippen LogP contribution in [0.2, 0.25) is 0 Å². The molecule has 1 amide bonds. The minimum absolute atomic E-state index is 0.0859. The largest absolute Gasteiger partial charge is 0.489 e. The zero-order valence-electron chi connectivity index (χ0n) is 14.8. The maximum Gasteiger partial charge on any atom is 0.224 e. The lowest BCUT2D eigenvalue weighted by atomic mass is 10.1. The molecule has 4 nitrogen and oxygen atoms in total. The minimum Gasteiger partial charge on any atom is -0.489 e. The van der Waals surface area contributed by atoms with Crippen LogP contribution in [-0.2, 0) is 17.8 Å². The molecule has 0 unspecified atom stereocenters. The van der Waals surface area contributed by atoms with Gasteiger partial charge in [-0.05, 0) is 56.1 Å². The highest BCUT2D eigenvalue weighted by atomic mass is 16.5. The predicted octanol–water partition coefficient (Wildman–Crippen LogP) is 2.98. The molecule has 25 heavy (non-hydrogen) atoms. The van der Waals surface area contributed by atoms with E-state index in [0.717, 1.165) is 42.8 Å². The van der Waals surface area contributed by atoms with Crippen molar-refractivity contribution in [2.75, 3.05) is 13.1 Å². The van der Waals surface area contributed by atoms with Crippen LogP contribution in [0.3, 0.4) is 0 Å². The number of carbonyl (C=O) groups excluding carboxylic acids is 1.